The van der Waals surface area contributed by atoms with Crippen LogP contribution in [0.3, 0.4) is 0 Å². The van der Waals surface area contributed by atoms with Crippen LogP contribution >= 0.6 is 0 Å². The molecule has 0 aromatic heterocycles. The van der Waals surface area contributed by atoms with E-state index >= 15 is 0 Å². The Morgan fingerprint density at radius 1 is 1.80 bits per heavy atom. The van der Waals surface area contributed by atoms with Gasteiger partial charge in [0.2, 0.25) is 5.91 Å². The monoisotopic (exact) mass is 143 g/mol. The highest BCUT2D eigenvalue weighted by atomic mass is 16.2. The predicted octanol–water partition coefficient (Wildman–Crippen LogP) is -1.75. The lowest BCUT2D eigenvalue weighted by Gasteiger charge is -2.05. The quantitative estimate of drug-likeness (QED) is 0.231. The van der Waals surface area contributed by atoms with Crippen LogP contribution in [0.2, 0.25) is 0 Å². The van der Waals surface area contributed by atoms with Gasteiger partial charge in [-0.25, -0.2) is 5.84 Å². The molecule has 0 spiro atoms. The number of nitrogens with one attached hydrogen (secondary N) is 2. The smallest absolute Gasteiger partial charge is 0.256 e. The van der Waals surface area contributed by atoms with E-state index in [0.29, 0.717) is 12.8 Å². The van der Waals surface area contributed by atoms with Gasteiger partial charge in [-0.3, -0.25) is 15.0 Å². The van der Waals surface area contributed by atoms with E-state index in [-0.39, 0.29) is 11.8 Å². The number of hydrogen-bond donors (Lipinski definition) is 3. The first-order valence-corrected chi connectivity index (χ1v) is 3.04. The minimum absolute atomic E-state index is 0.0893. The van der Waals surface area contributed by atoms with Crippen molar-refractivity contribution < 1.29 is 9.59 Å². The summed E-state index contributed by atoms with van der Waals surface area (Å²) in [6.45, 7) is 0. The van der Waals surface area contributed by atoms with Gasteiger partial charge in [-0.2, -0.15) is 0 Å². The zero-order chi connectivity index (χ0) is 7.56. The summed E-state index contributed by atoms with van der Waals surface area (Å²) in [4.78, 5) is 21.3. The van der Waals surface area contributed by atoms with Crippen molar-refractivity contribution in [2.45, 2.75) is 18.9 Å². The minimum Gasteiger partial charge on any atom is -0.344 e. The Morgan fingerprint density at radius 3 is 2.90 bits per heavy atom. The largest absolute Gasteiger partial charge is 0.344 e. The molecule has 1 heterocycles. The van der Waals surface area contributed by atoms with Crippen LogP contribution in [0.5, 0.6) is 0 Å². The van der Waals surface area contributed by atoms with E-state index in [4.69, 9.17) is 5.84 Å². The van der Waals surface area contributed by atoms with Crippen LogP contribution in [-0.2, 0) is 9.59 Å². The number of carbonyl (C=O) groups excluding carboxylic acids is 2. The van der Waals surface area contributed by atoms with Gasteiger partial charge in [-0.05, 0) is 6.42 Å². The summed E-state index contributed by atoms with van der Waals surface area (Å²) >= 11 is 0. The summed E-state index contributed by atoms with van der Waals surface area (Å²) in [7, 11) is 0. The highest BCUT2D eigenvalue weighted by Gasteiger charge is 2.26. The van der Waals surface area contributed by atoms with Crippen molar-refractivity contribution >= 4 is 11.8 Å². The highest BCUT2D eigenvalue weighted by molar-refractivity contribution is 5.90. The lowest BCUT2D eigenvalue weighted by atomic mass is 10.2. The Kier molecular flexibility index (Phi) is 1.86. The predicted molar refractivity (Wildman–Crippen MR) is 33.5 cm³/mol. The summed E-state index contributed by atoms with van der Waals surface area (Å²) < 4.78 is 0. The number of hydrogen-bond acceptors (Lipinski definition) is 3. The van der Waals surface area contributed by atoms with E-state index in [2.05, 4.69) is 5.32 Å². The molecule has 0 aromatic rings. The molecule has 56 valence electrons. The Hall–Kier alpha value is -1.10. The topological polar surface area (TPSA) is 84.2 Å². The number of amides is 2. The number of carbonyl (C=O) groups is 2. The molecule has 1 atom stereocenters. The van der Waals surface area contributed by atoms with Crippen molar-refractivity contribution in [1.29, 1.82) is 0 Å². The molecule has 0 aliphatic carbocycles. The second-order valence-electron chi connectivity index (χ2n) is 2.17. The van der Waals surface area contributed by atoms with E-state index < -0.39 is 6.04 Å². The summed E-state index contributed by atoms with van der Waals surface area (Å²) in [5.41, 5.74) is 1.97. The fraction of sp³-hybridized carbons (Fsp3) is 0.600. The van der Waals surface area contributed by atoms with Gasteiger partial charge in [0.25, 0.3) is 5.91 Å². The summed E-state index contributed by atoms with van der Waals surface area (Å²) in [6.07, 6.45) is 0.958. The van der Waals surface area contributed by atoms with Crippen LogP contribution in [0.15, 0.2) is 0 Å². The molecular weight excluding hydrogens is 134 g/mol. The van der Waals surface area contributed by atoms with Crippen LogP contribution < -0.4 is 16.6 Å². The van der Waals surface area contributed by atoms with E-state index in [9.17, 15) is 9.59 Å². The molecule has 1 rings (SSSR count). The van der Waals surface area contributed by atoms with Crippen molar-refractivity contribution in [3.05, 3.63) is 0 Å². The van der Waals surface area contributed by atoms with Crippen molar-refractivity contribution in [3.63, 3.8) is 0 Å². The molecule has 2 amide bonds. The average molecular weight is 143 g/mol. The van der Waals surface area contributed by atoms with Crippen molar-refractivity contribution in [3.8, 4) is 0 Å². The maximum Gasteiger partial charge on any atom is 0.256 e. The van der Waals surface area contributed by atoms with Crippen LogP contribution in [0.4, 0.5) is 0 Å². The minimum atomic E-state index is -0.419. The van der Waals surface area contributed by atoms with Gasteiger partial charge in [-0.15, -0.1) is 0 Å². The first-order valence-electron chi connectivity index (χ1n) is 3.04. The zero-order valence-electron chi connectivity index (χ0n) is 5.39. The molecule has 5 heteroatoms. The highest BCUT2D eigenvalue weighted by Crippen LogP contribution is 2.05. The summed E-state index contributed by atoms with van der Waals surface area (Å²) in [5, 5.41) is 2.47. The first-order chi connectivity index (χ1) is 4.74. The van der Waals surface area contributed by atoms with Crippen LogP contribution in [0, 0.1) is 0 Å². The maximum absolute atomic E-state index is 10.7. The van der Waals surface area contributed by atoms with Crippen molar-refractivity contribution in [1.82, 2.24) is 10.7 Å². The van der Waals surface area contributed by atoms with Gasteiger partial charge < -0.3 is 5.32 Å². The number of rotatable bonds is 1. The lowest BCUT2D eigenvalue weighted by molar-refractivity contribution is -0.125. The Morgan fingerprint density at radius 2 is 2.50 bits per heavy atom. The second kappa shape index (κ2) is 2.66. The Labute approximate surface area is 57.9 Å². The summed E-state index contributed by atoms with van der Waals surface area (Å²) in [5.74, 6) is 4.43. The third kappa shape index (κ3) is 1.24. The van der Waals surface area contributed by atoms with Crippen LogP contribution in [-0.4, -0.2) is 17.9 Å². The molecule has 0 saturated carbocycles. The Balaban J connectivity index is 2.44. The van der Waals surface area contributed by atoms with E-state index in [1.807, 2.05) is 5.43 Å². The van der Waals surface area contributed by atoms with Gasteiger partial charge in [0.1, 0.15) is 6.04 Å². The van der Waals surface area contributed by atoms with Gasteiger partial charge in [0.15, 0.2) is 0 Å². The Bertz CT molecular complexity index is 168. The molecule has 0 aromatic carbocycles. The van der Waals surface area contributed by atoms with Gasteiger partial charge in [0.05, 0.1) is 0 Å². The van der Waals surface area contributed by atoms with Crippen molar-refractivity contribution in [2.24, 2.45) is 5.84 Å². The molecule has 1 aliphatic heterocycles. The first kappa shape index (κ1) is 7.01. The summed E-state index contributed by atoms with van der Waals surface area (Å²) in [6, 6.07) is -0.419. The van der Waals surface area contributed by atoms with Crippen molar-refractivity contribution in [2.75, 3.05) is 0 Å². The number of nitrogens with two attached hydrogens (primary N) is 1. The number of hydrazine groups is 1. The molecule has 10 heavy (non-hydrogen) atoms. The molecule has 1 unspecified atom stereocenters. The van der Waals surface area contributed by atoms with Gasteiger partial charge >= 0.3 is 0 Å². The maximum atomic E-state index is 10.7. The third-order valence-corrected chi connectivity index (χ3v) is 1.45. The van der Waals surface area contributed by atoms with Gasteiger partial charge in [0, 0.05) is 6.42 Å². The molecule has 0 bridgehead atoms. The van der Waals surface area contributed by atoms with E-state index in [1.165, 1.54) is 0 Å². The average Bonchev–Trinajstić information content (AvgIpc) is 2.34. The van der Waals surface area contributed by atoms with E-state index in [1.54, 1.807) is 0 Å². The zero-order valence-corrected chi connectivity index (χ0v) is 5.39. The standard InChI is InChI=1S/C5H9N3O2/c6-8-5(10)3-1-2-4(9)7-3/h3H,1-2,6H2,(H,7,9)(H,8,10). The SMILES string of the molecule is NNC(=O)C1CCC(=O)N1. The van der Waals surface area contributed by atoms with E-state index in [0.717, 1.165) is 0 Å². The second-order valence-corrected chi connectivity index (χ2v) is 2.17. The molecule has 4 N–H and O–H groups in total. The van der Waals surface area contributed by atoms with Gasteiger partial charge in [-0.1, -0.05) is 0 Å². The molecule has 1 fully saturated rings. The fourth-order valence-corrected chi connectivity index (χ4v) is 0.911. The fourth-order valence-electron chi connectivity index (χ4n) is 0.911. The molecular formula is C5H9N3O2. The molecule has 1 saturated heterocycles. The van der Waals surface area contributed by atoms with Crippen LogP contribution in [0.1, 0.15) is 12.8 Å². The lowest BCUT2D eigenvalue weighted by Crippen LogP contribution is -2.44. The molecule has 5 nitrogen and oxygen atoms in total. The molecule has 1 aliphatic rings. The van der Waals surface area contributed by atoms with Crippen LogP contribution in [0.25, 0.3) is 0 Å². The normalized spacial score (nSPS) is 24.1. The third-order valence-electron chi connectivity index (χ3n) is 1.45. The molecule has 0 radical (unpaired) electrons.